The molecule has 5 heteroatoms. The number of ether oxygens (including phenoxy) is 1. The first-order chi connectivity index (χ1) is 9.02. The lowest BCUT2D eigenvalue weighted by atomic mass is 10.0. The molecule has 0 spiro atoms. The van der Waals surface area contributed by atoms with Crippen LogP contribution < -0.4 is 4.74 Å². The second-order valence-corrected chi connectivity index (χ2v) is 4.82. The molecular weight excluding hydrogens is 318 g/mol. The molecule has 1 N–H and O–H groups in total. The molecule has 0 saturated carbocycles. The molecule has 0 saturated heterocycles. The zero-order valence-electron chi connectivity index (χ0n) is 10.0. The Hall–Kier alpha value is -1.46. The van der Waals surface area contributed by atoms with Crippen molar-refractivity contribution in [2.24, 2.45) is 0 Å². The van der Waals surface area contributed by atoms with Gasteiger partial charge in [0.15, 0.2) is 0 Å². The average molecular weight is 329 g/mol. The molecule has 2 aromatic rings. The van der Waals surface area contributed by atoms with E-state index in [1.54, 1.807) is 24.3 Å². The average Bonchev–Trinajstić information content (AvgIpc) is 2.42. The Labute approximate surface area is 117 Å². The molecule has 1 atom stereocenters. The fourth-order valence-corrected chi connectivity index (χ4v) is 2.03. The lowest BCUT2D eigenvalue weighted by molar-refractivity contribution is 0.214. The minimum Gasteiger partial charge on any atom is -0.497 e. The lowest BCUT2D eigenvalue weighted by Crippen LogP contribution is -2.03. The zero-order chi connectivity index (χ0) is 14.0. The van der Waals surface area contributed by atoms with Gasteiger partial charge in [-0.2, -0.15) is 0 Å². The van der Waals surface area contributed by atoms with Gasteiger partial charge in [0.1, 0.15) is 23.5 Å². The van der Waals surface area contributed by atoms with E-state index in [0.29, 0.717) is 11.3 Å². The van der Waals surface area contributed by atoms with Crippen LogP contribution in [0.2, 0.25) is 0 Å². The summed E-state index contributed by atoms with van der Waals surface area (Å²) in [6.07, 6.45) is -1.23. The molecule has 0 fully saturated rings. The van der Waals surface area contributed by atoms with Gasteiger partial charge >= 0.3 is 0 Å². The van der Waals surface area contributed by atoms with E-state index in [0.717, 1.165) is 12.1 Å². The highest BCUT2D eigenvalue weighted by Crippen LogP contribution is 2.29. The molecule has 2 rings (SSSR count). The number of aliphatic hydroxyl groups is 1. The Morgan fingerprint density at radius 1 is 1.11 bits per heavy atom. The second kappa shape index (κ2) is 5.67. The van der Waals surface area contributed by atoms with E-state index in [1.807, 2.05) is 0 Å². The number of rotatable bonds is 3. The van der Waals surface area contributed by atoms with Crippen molar-refractivity contribution in [1.82, 2.24) is 0 Å². The van der Waals surface area contributed by atoms with Gasteiger partial charge in [-0.15, -0.1) is 0 Å². The van der Waals surface area contributed by atoms with E-state index in [9.17, 15) is 13.9 Å². The minimum absolute atomic E-state index is 0.0238. The highest BCUT2D eigenvalue weighted by Gasteiger charge is 2.17. The van der Waals surface area contributed by atoms with Crippen LogP contribution in [0.5, 0.6) is 5.75 Å². The molecular formula is C14H11BrF2O2. The second-order valence-electron chi connectivity index (χ2n) is 3.96. The number of benzene rings is 2. The van der Waals surface area contributed by atoms with Crippen molar-refractivity contribution in [1.29, 1.82) is 0 Å². The van der Waals surface area contributed by atoms with Gasteiger partial charge in [-0.3, -0.25) is 0 Å². The first-order valence-corrected chi connectivity index (χ1v) is 6.28. The van der Waals surface area contributed by atoms with Gasteiger partial charge in [0.25, 0.3) is 0 Å². The van der Waals surface area contributed by atoms with Crippen molar-refractivity contribution in [3.63, 3.8) is 0 Å². The van der Waals surface area contributed by atoms with Crippen LogP contribution in [0.15, 0.2) is 40.9 Å². The van der Waals surface area contributed by atoms with E-state index in [2.05, 4.69) is 15.9 Å². The van der Waals surface area contributed by atoms with Crippen molar-refractivity contribution >= 4 is 15.9 Å². The van der Waals surface area contributed by atoms with Gasteiger partial charge in [-0.1, -0.05) is 12.1 Å². The van der Waals surface area contributed by atoms with Crippen LogP contribution in [0, 0.1) is 11.6 Å². The Bertz CT molecular complexity index is 585. The van der Waals surface area contributed by atoms with E-state index in [-0.39, 0.29) is 10.0 Å². The smallest absolute Gasteiger partial charge is 0.137 e. The Morgan fingerprint density at radius 3 is 2.32 bits per heavy atom. The zero-order valence-corrected chi connectivity index (χ0v) is 11.6. The molecule has 1 unspecified atom stereocenters. The van der Waals surface area contributed by atoms with Crippen LogP contribution in [0.4, 0.5) is 8.78 Å². The predicted molar refractivity (Wildman–Crippen MR) is 71.1 cm³/mol. The maximum Gasteiger partial charge on any atom is 0.137 e. The number of hydrogen-bond donors (Lipinski definition) is 1. The maximum atomic E-state index is 13.7. The van der Waals surface area contributed by atoms with E-state index in [1.165, 1.54) is 7.11 Å². The molecule has 0 radical (unpaired) electrons. The number of aliphatic hydroxyl groups excluding tert-OH is 1. The fourth-order valence-electron chi connectivity index (χ4n) is 1.71. The Balaban J connectivity index is 2.37. The highest BCUT2D eigenvalue weighted by molar-refractivity contribution is 9.10. The first kappa shape index (κ1) is 14.0. The van der Waals surface area contributed by atoms with Crippen LogP contribution in [-0.4, -0.2) is 12.2 Å². The van der Waals surface area contributed by atoms with Crippen molar-refractivity contribution in [3.8, 4) is 5.75 Å². The summed E-state index contributed by atoms with van der Waals surface area (Å²) in [5, 5.41) is 10.1. The molecule has 0 aliphatic rings. The van der Waals surface area contributed by atoms with E-state index < -0.39 is 17.7 Å². The summed E-state index contributed by atoms with van der Waals surface area (Å²) >= 11 is 2.89. The summed E-state index contributed by atoms with van der Waals surface area (Å²) < 4.78 is 32.2. The molecule has 2 nitrogen and oxygen atoms in total. The Morgan fingerprint density at radius 2 is 1.74 bits per heavy atom. The fraction of sp³-hybridized carbons (Fsp3) is 0.143. The number of halogens is 3. The van der Waals surface area contributed by atoms with Crippen molar-refractivity contribution in [2.75, 3.05) is 7.11 Å². The lowest BCUT2D eigenvalue weighted by Gasteiger charge is -2.13. The molecule has 0 aliphatic heterocycles. The monoisotopic (exact) mass is 328 g/mol. The third-order valence-electron chi connectivity index (χ3n) is 2.77. The third kappa shape index (κ3) is 2.93. The van der Waals surface area contributed by atoms with Crippen LogP contribution in [-0.2, 0) is 0 Å². The van der Waals surface area contributed by atoms with Crippen molar-refractivity contribution in [3.05, 3.63) is 63.6 Å². The maximum absolute atomic E-state index is 13.7. The van der Waals surface area contributed by atoms with Gasteiger partial charge in [-0.05, 0) is 45.8 Å². The van der Waals surface area contributed by atoms with Crippen LogP contribution in [0.25, 0.3) is 0 Å². The third-order valence-corrected chi connectivity index (χ3v) is 3.37. The van der Waals surface area contributed by atoms with Crippen LogP contribution >= 0.6 is 15.9 Å². The molecule has 0 bridgehead atoms. The van der Waals surface area contributed by atoms with Crippen molar-refractivity contribution in [2.45, 2.75) is 6.10 Å². The summed E-state index contributed by atoms with van der Waals surface area (Å²) in [7, 11) is 1.52. The van der Waals surface area contributed by atoms with Gasteiger partial charge in [0.05, 0.1) is 11.6 Å². The summed E-state index contributed by atoms with van der Waals surface area (Å²) in [6, 6.07) is 8.47. The quantitative estimate of drug-likeness (QED) is 0.868. The first-order valence-electron chi connectivity index (χ1n) is 5.49. The van der Waals surface area contributed by atoms with Crippen LogP contribution in [0.3, 0.4) is 0 Å². The van der Waals surface area contributed by atoms with E-state index >= 15 is 0 Å². The normalized spacial score (nSPS) is 12.3. The van der Waals surface area contributed by atoms with Crippen LogP contribution in [0.1, 0.15) is 17.2 Å². The van der Waals surface area contributed by atoms with Crippen molar-refractivity contribution < 1.29 is 18.6 Å². The number of hydrogen-bond acceptors (Lipinski definition) is 2. The van der Waals surface area contributed by atoms with Gasteiger partial charge in [-0.25, -0.2) is 8.78 Å². The predicted octanol–water partition coefficient (Wildman–Crippen LogP) is 3.82. The minimum atomic E-state index is -1.23. The SMILES string of the molecule is COc1ccc(C(O)c2cc(F)c(Br)cc2F)cc1. The van der Waals surface area contributed by atoms with Gasteiger partial charge in [0, 0.05) is 5.56 Å². The highest BCUT2D eigenvalue weighted by atomic mass is 79.9. The summed E-state index contributed by atoms with van der Waals surface area (Å²) in [4.78, 5) is 0. The molecule has 0 aromatic heterocycles. The molecule has 0 amide bonds. The summed E-state index contributed by atoms with van der Waals surface area (Å²) in [5.74, 6) is -0.668. The Kier molecular flexibility index (Phi) is 4.17. The summed E-state index contributed by atoms with van der Waals surface area (Å²) in [5.41, 5.74) is 0.354. The molecule has 19 heavy (non-hydrogen) atoms. The van der Waals surface area contributed by atoms with E-state index in [4.69, 9.17) is 4.74 Å². The summed E-state index contributed by atoms with van der Waals surface area (Å²) in [6.45, 7) is 0. The largest absolute Gasteiger partial charge is 0.497 e. The topological polar surface area (TPSA) is 29.5 Å². The standard InChI is InChI=1S/C14H11BrF2O2/c1-19-9-4-2-8(3-5-9)14(18)10-6-13(17)11(15)7-12(10)16/h2-7,14,18H,1H3. The molecule has 0 aliphatic carbocycles. The van der Waals surface area contributed by atoms with Gasteiger partial charge < -0.3 is 9.84 Å². The molecule has 0 heterocycles. The number of methoxy groups -OCH3 is 1. The van der Waals surface area contributed by atoms with Gasteiger partial charge in [0.2, 0.25) is 0 Å². The molecule has 100 valence electrons. The molecule has 2 aromatic carbocycles.